The van der Waals surface area contributed by atoms with E-state index in [4.69, 9.17) is 5.11 Å². The highest BCUT2D eigenvalue weighted by Gasteiger charge is 2.15. The Balaban J connectivity index is 2.23. The molecular weight excluding hydrogens is 106 g/mol. The largest absolute Gasteiger partial charge is 0.392 e. The van der Waals surface area contributed by atoms with Gasteiger partial charge in [-0.1, -0.05) is 0 Å². The summed E-state index contributed by atoms with van der Waals surface area (Å²) in [6, 6.07) is 0. The molecule has 3 nitrogen and oxygen atoms in total. The zero-order valence-electron chi connectivity index (χ0n) is 4.71. The van der Waals surface area contributed by atoms with Crippen molar-refractivity contribution in [3.05, 3.63) is 0 Å². The van der Waals surface area contributed by atoms with Crippen LogP contribution in [-0.2, 0) is 5.21 Å². The SMILES string of the molecule is [O]N1CCCC(O)C1. The third-order valence-electron chi connectivity index (χ3n) is 1.36. The molecule has 1 radical (unpaired) electrons. The van der Waals surface area contributed by atoms with Gasteiger partial charge in [-0.05, 0) is 12.8 Å². The molecule has 8 heavy (non-hydrogen) atoms. The lowest BCUT2D eigenvalue weighted by molar-refractivity contribution is -0.186. The second-order valence-corrected chi connectivity index (χ2v) is 2.18. The summed E-state index contributed by atoms with van der Waals surface area (Å²) in [5.41, 5.74) is 0. The van der Waals surface area contributed by atoms with Gasteiger partial charge in [0.05, 0.1) is 12.6 Å². The van der Waals surface area contributed by atoms with Gasteiger partial charge in [0.2, 0.25) is 0 Å². The minimum atomic E-state index is -0.374. The topological polar surface area (TPSA) is 43.4 Å². The molecule has 0 spiro atoms. The van der Waals surface area contributed by atoms with Gasteiger partial charge in [0.15, 0.2) is 0 Å². The molecule has 1 saturated heterocycles. The molecule has 0 aromatic heterocycles. The van der Waals surface area contributed by atoms with Gasteiger partial charge in [-0.15, -0.1) is 5.21 Å². The quantitative estimate of drug-likeness (QED) is 0.476. The first-order valence-electron chi connectivity index (χ1n) is 2.89. The number of hydrogen-bond donors (Lipinski definition) is 1. The molecule has 1 fully saturated rings. The van der Waals surface area contributed by atoms with Crippen LogP contribution in [0.5, 0.6) is 0 Å². The monoisotopic (exact) mass is 116 g/mol. The predicted octanol–water partition coefficient (Wildman–Crippen LogP) is -0.211. The van der Waals surface area contributed by atoms with Gasteiger partial charge < -0.3 is 5.11 Å². The summed E-state index contributed by atoms with van der Waals surface area (Å²) in [5.74, 6) is 0. The summed E-state index contributed by atoms with van der Waals surface area (Å²) in [4.78, 5) is 0. The van der Waals surface area contributed by atoms with Crippen molar-refractivity contribution in [1.29, 1.82) is 0 Å². The van der Waals surface area contributed by atoms with Crippen LogP contribution in [0.15, 0.2) is 0 Å². The molecular formula is C5H10NO2. The number of aliphatic hydroxyl groups is 1. The molecule has 1 atom stereocenters. The number of aliphatic hydroxyl groups excluding tert-OH is 1. The summed E-state index contributed by atoms with van der Waals surface area (Å²) in [5, 5.41) is 20.2. The maximum Gasteiger partial charge on any atom is 0.0692 e. The van der Waals surface area contributed by atoms with Gasteiger partial charge in [0.25, 0.3) is 0 Å². The summed E-state index contributed by atoms with van der Waals surface area (Å²) in [7, 11) is 0. The Morgan fingerprint density at radius 1 is 1.62 bits per heavy atom. The van der Waals surface area contributed by atoms with Crippen LogP contribution in [0.3, 0.4) is 0 Å². The Morgan fingerprint density at radius 3 is 2.75 bits per heavy atom. The van der Waals surface area contributed by atoms with Crippen molar-refractivity contribution in [2.75, 3.05) is 13.1 Å². The highest BCUT2D eigenvalue weighted by molar-refractivity contribution is 4.64. The summed E-state index contributed by atoms with van der Waals surface area (Å²) in [6.07, 6.45) is 1.25. The van der Waals surface area contributed by atoms with Crippen LogP contribution in [0.1, 0.15) is 12.8 Å². The number of hydrogen-bond acceptors (Lipinski definition) is 2. The van der Waals surface area contributed by atoms with E-state index in [-0.39, 0.29) is 6.10 Å². The minimum absolute atomic E-state index is 0.306. The van der Waals surface area contributed by atoms with Crippen molar-refractivity contribution in [3.8, 4) is 0 Å². The molecule has 0 bridgehead atoms. The normalized spacial score (nSPS) is 33.0. The molecule has 1 aliphatic heterocycles. The Bertz CT molecular complexity index is 68.8. The van der Waals surface area contributed by atoms with E-state index in [0.717, 1.165) is 17.9 Å². The lowest BCUT2D eigenvalue weighted by Crippen LogP contribution is -2.34. The molecule has 0 amide bonds. The predicted molar refractivity (Wildman–Crippen MR) is 27.5 cm³/mol. The van der Waals surface area contributed by atoms with E-state index in [0.29, 0.717) is 13.1 Å². The van der Waals surface area contributed by atoms with Crippen molar-refractivity contribution in [1.82, 2.24) is 5.06 Å². The lowest BCUT2D eigenvalue weighted by atomic mass is 10.1. The van der Waals surface area contributed by atoms with Crippen LogP contribution < -0.4 is 0 Å². The standard InChI is InChI=1S/C5H10NO2/c7-5-2-1-3-6(8)4-5/h5,7H,1-4H2. The number of hydroxylamine groups is 2. The molecule has 3 heteroatoms. The fourth-order valence-electron chi connectivity index (χ4n) is 0.921. The second kappa shape index (κ2) is 2.44. The van der Waals surface area contributed by atoms with E-state index in [1.807, 2.05) is 0 Å². The number of rotatable bonds is 0. The summed E-state index contributed by atoms with van der Waals surface area (Å²) < 4.78 is 0. The number of piperidine rings is 1. The highest BCUT2D eigenvalue weighted by Crippen LogP contribution is 2.06. The van der Waals surface area contributed by atoms with Crippen LogP contribution in [0, 0.1) is 0 Å². The van der Waals surface area contributed by atoms with Gasteiger partial charge in [0.1, 0.15) is 0 Å². The van der Waals surface area contributed by atoms with Gasteiger partial charge in [-0.25, -0.2) is 0 Å². The molecule has 0 aromatic rings. The molecule has 1 unspecified atom stereocenters. The fraction of sp³-hybridized carbons (Fsp3) is 1.00. The molecule has 0 saturated carbocycles. The third kappa shape index (κ3) is 1.43. The lowest BCUT2D eigenvalue weighted by Gasteiger charge is -2.21. The van der Waals surface area contributed by atoms with Gasteiger partial charge in [-0.2, -0.15) is 5.06 Å². The van der Waals surface area contributed by atoms with Crippen LogP contribution in [0.2, 0.25) is 0 Å². The Kier molecular flexibility index (Phi) is 1.83. The van der Waals surface area contributed by atoms with Crippen molar-refractivity contribution < 1.29 is 10.3 Å². The fourth-order valence-corrected chi connectivity index (χ4v) is 0.921. The molecule has 1 heterocycles. The summed E-state index contributed by atoms with van der Waals surface area (Å²) >= 11 is 0. The third-order valence-corrected chi connectivity index (χ3v) is 1.36. The molecule has 1 N–H and O–H groups in total. The smallest absolute Gasteiger partial charge is 0.0692 e. The first-order chi connectivity index (χ1) is 3.79. The first-order valence-corrected chi connectivity index (χ1v) is 2.89. The van der Waals surface area contributed by atoms with E-state index in [9.17, 15) is 5.21 Å². The maximum absolute atomic E-state index is 10.4. The van der Waals surface area contributed by atoms with Crippen molar-refractivity contribution >= 4 is 0 Å². The average Bonchev–Trinajstić information content (AvgIpc) is 1.64. The van der Waals surface area contributed by atoms with Crippen LogP contribution in [0.25, 0.3) is 0 Å². The summed E-state index contributed by atoms with van der Waals surface area (Å²) in [6.45, 7) is 0.900. The van der Waals surface area contributed by atoms with Crippen LogP contribution >= 0.6 is 0 Å². The van der Waals surface area contributed by atoms with Crippen molar-refractivity contribution in [2.45, 2.75) is 18.9 Å². The van der Waals surface area contributed by atoms with Crippen molar-refractivity contribution in [2.24, 2.45) is 0 Å². The molecule has 47 valence electrons. The van der Waals surface area contributed by atoms with E-state index in [2.05, 4.69) is 0 Å². The highest BCUT2D eigenvalue weighted by atomic mass is 16.5. The van der Waals surface area contributed by atoms with E-state index < -0.39 is 0 Å². The molecule has 0 aromatic carbocycles. The van der Waals surface area contributed by atoms with Crippen LogP contribution in [-0.4, -0.2) is 29.4 Å². The van der Waals surface area contributed by atoms with Gasteiger partial charge in [-0.3, -0.25) is 0 Å². The maximum atomic E-state index is 10.4. The minimum Gasteiger partial charge on any atom is -0.392 e. The first kappa shape index (κ1) is 6.01. The van der Waals surface area contributed by atoms with E-state index >= 15 is 0 Å². The zero-order valence-corrected chi connectivity index (χ0v) is 4.71. The zero-order chi connectivity index (χ0) is 5.98. The number of nitrogens with zero attached hydrogens (tertiary/aromatic N) is 1. The Hall–Kier alpha value is -0.120. The van der Waals surface area contributed by atoms with E-state index in [1.54, 1.807) is 0 Å². The molecule has 1 aliphatic rings. The average molecular weight is 116 g/mol. The second-order valence-electron chi connectivity index (χ2n) is 2.18. The Labute approximate surface area is 48.5 Å². The van der Waals surface area contributed by atoms with Gasteiger partial charge >= 0.3 is 0 Å². The Morgan fingerprint density at radius 2 is 2.38 bits per heavy atom. The van der Waals surface area contributed by atoms with Crippen LogP contribution in [0.4, 0.5) is 0 Å². The van der Waals surface area contributed by atoms with E-state index in [1.165, 1.54) is 0 Å². The molecule has 0 aliphatic carbocycles. The van der Waals surface area contributed by atoms with Gasteiger partial charge in [0, 0.05) is 6.54 Å². The number of β-amino-alcohol motifs (C(OH)–C–C–N with tert-alkyl or cyclic N) is 1. The van der Waals surface area contributed by atoms with Crippen molar-refractivity contribution in [3.63, 3.8) is 0 Å². The molecule has 1 rings (SSSR count).